The summed E-state index contributed by atoms with van der Waals surface area (Å²) in [6.07, 6.45) is -0.0492. The Bertz CT molecular complexity index is 2630. The zero-order valence-electron chi connectivity index (χ0n) is 37.3. The van der Waals surface area contributed by atoms with Gasteiger partial charge in [-0.15, -0.1) is 5.06 Å². The van der Waals surface area contributed by atoms with Gasteiger partial charge in [-0.1, -0.05) is 18.2 Å². The monoisotopic (exact) mass is 1010 g/mol. The van der Waals surface area contributed by atoms with Crippen molar-refractivity contribution >= 4 is 60.6 Å². The number of hydroxylamine groups is 2. The molecule has 2 aliphatic heterocycles. The van der Waals surface area contributed by atoms with Gasteiger partial charge < -0.3 is 58.0 Å². The van der Waals surface area contributed by atoms with Crippen LogP contribution in [0.5, 0.6) is 0 Å². The maximum absolute atomic E-state index is 13.8. The molecule has 1 aliphatic carbocycles. The van der Waals surface area contributed by atoms with Crippen LogP contribution in [0.4, 0.5) is 5.69 Å². The molecule has 0 radical (unpaired) electrons. The van der Waals surface area contributed by atoms with Crippen molar-refractivity contribution in [2.24, 2.45) is 0 Å². The van der Waals surface area contributed by atoms with Crippen molar-refractivity contribution in [2.45, 2.75) is 29.1 Å². The first-order chi connectivity index (χ1) is 33.1. The van der Waals surface area contributed by atoms with Gasteiger partial charge in [0.2, 0.25) is 10.0 Å². The summed E-state index contributed by atoms with van der Waals surface area (Å²) in [5, 5.41) is 18.1. The zero-order chi connectivity index (χ0) is 49.8. The second-order valence-electron chi connectivity index (χ2n) is 14.6. The number of nitrogens with one attached hydrogen (secondary N) is 2. The van der Waals surface area contributed by atoms with E-state index in [9.17, 15) is 45.7 Å². The van der Waals surface area contributed by atoms with Gasteiger partial charge >= 0.3 is 11.9 Å². The van der Waals surface area contributed by atoms with Gasteiger partial charge in [-0.3, -0.25) is 19.6 Å². The predicted molar refractivity (Wildman–Crippen MR) is 239 cm³/mol. The smallest absolute Gasteiger partial charge is 0.336 e. The highest BCUT2D eigenvalue weighted by Crippen LogP contribution is 2.45. The average Bonchev–Trinajstić information content (AvgIpc) is 3.61. The van der Waals surface area contributed by atoms with Crippen molar-refractivity contribution in [2.75, 3.05) is 118 Å². The molecule has 0 bridgehead atoms. The number of nitrogen functional groups attached to an aromatic ring is 1. The molecule has 2 aromatic rings. The van der Waals surface area contributed by atoms with Crippen LogP contribution in [0.15, 0.2) is 62.7 Å². The highest BCUT2D eigenvalue weighted by molar-refractivity contribution is 7.90. The normalized spacial score (nSPS) is 13.3. The van der Waals surface area contributed by atoms with Crippen LogP contribution in [-0.4, -0.2) is 168 Å². The Morgan fingerprint density at radius 1 is 0.667 bits per heavy atom. The largest absolute Gasteiger partial charge is 0.478 e. The summed E-state index contributed by atoms with van der Waals surface area (Å²) in [5.41, 5.74) is 5.36. The highest BCUT2D eigenvalue weighted by Gasteiger charge is 2.34. The fourth-order valence-corrected chi connectivity index (χ4v) is 8.62. The summed E-state index contributed by atoms with van der Waals surface area (Å²) in [7, 11) is -9.64. The third-order valence-electron chi connectivity index (χ3n) is 9.74. The van der Waals surface area contributed by atoms with Gasteiger partial charge in [-0.2, -0.15) is 8.42 Å². The summed E-state index contributed by atoms with van der Waals surface area (Å²) in [4.78, 5) is 50.1. The molecule has 5 rings (SSSR count). The minimum absolute atomic E-state index is 0.0180. The Balaban J connectivity index is 0.903. The molecular weight excluding hydrogens is 957 g/mol. The minimum atomic E-state index is -5.12. The number of benzene rings is 3. The Kier molecular flexibility index (Phi) is 21.3. The first-order valence-electron chi connectivity index (χ1n) is 21.5. The Morgan fingerprint density at radius 3 is 1.67 bits per heavy atom. The summed E-state index contributed by atoms with van der Waals surface area (Å²) < 4.78 is 114. The Labute approximate surface area is 396 Å². The van der Waals surface area contributed by atoms with Crippen LogP contribution in [0, 0.1) is 5.41 Å². The molecule has 378 valence electrons. The van der Waals surface area contributed by atoms with E-state index in [4.69, 9.17) is 58.3 Å². The molecule has 2 amide bonds. The van der Waals surface area contributed by atoms with Gasteiger partial charge in [0.1, 0.15) is 4.90 Å². The van der Waals surface area contributed by atoms with Crippen molar-refractivity contribution in [3.05, 3.63) is 59.5 Å². The summed E-state index contributed by atoms with van der Waals surface area (Å²) in [5.74, 6) is -3.72. The van der Waals surface area contributed by atoms with E-state index in [-0.39, 0.29) is 105 Å². The van der Waals surface area contributed by atoms with Crippen molar-refractivity contribution in [1.29, 1.82) is 5.41 Å². The number of anilines is 1. The molecular formula is C43H54N4O20S2. The van der Waals surface area contributed by atoms with E-state index in [0.29, 0.717) is 64.5 Å². The van der Waals surface area contributed by atoms with Crippen LogP contribution in [0.2, 0.25) is 0 Å². The number of hydrogen-bond donors (Lipinski definition) is 5. The van der Waals surface area contributed by atoms with Gasteiger partial charge in [0.25, 0.3) is 21.9 Å². The molecule has 26 heteroatoms. The lowest BCUT2D eigenvalue weighted by Crippen LogP contribution is -2.32. The van der Waals surface area contributed by atoms with Crippen LogP contribution in [-0.2, 0) is 77.3 Å². The van der Waals surface area contributed by atoms with E-state index < -0.39 is 70.4 Å². The van der Waals surface area contributed by atoms with Crippen molar-refractivity contribution < 1.29 is 92.8 Å². The lowest BCUT2D eigenvalue weighted by atomic mass is 9.90. The lowest BCUT2D eigenvalue weighted by Gasteiger charge is -2.20. The van der Waals surface area contributed by atoms with Gasteiger partial charge in [-0.25, -0.2) is 22.7 Å². The number of hydrogen-bond acceptors (Lipinski definition) is 20. The predicted octanol–water partition coefficient (Wildman–Crippen LogP) is 1.62. The fourth-order valence-electron chi connectivity index (χ4n) is 6.62. The molecule has 24 nitrogen and oxygen atoms in total. The van der Waals surface area contributed by atoms with Gasteiger partial charge in [0, 0.05) is 35.9 Å². The molecule has 0 atom stereocenters. The summed E-state index contributed by atoms with van der Waals surface area (Å²) in [6.45, 7) is 3.97. The Morgan fingerprint density at radius 2 is 1.16 bits per heavy atom. The van der Waals surface area contributed by atoms with E-state index in [2.05, 4.69) is 4.72 Å². The number of rotatable bonds is 33. The van der Waals surface area contributed by atoms with Crippen LogP contribution in [0.3, 0.4) is 0 Å². The van der Waals surface area contributed by atoms with Crippen molar-refractivity contribution in [3.8, 4) is 22.5 Å². The van der Waals surface area contributed by atoms with E-state index in [1.807, 2.05) is 0 Å². The van der Waals surface area contributed by atoms with Gasteiger partial charge in [0.05, 0.1) is 129 Å². The van der Waals surface area contributed by atoms with E-state index in [0.717, 1.165) is 6.07 Å². The molecule has 1 fully saturated rings. The fraction of sp³-hybridized carbons (Fsp3) is 0.465. The third-order valence-corrected chi connectivity index (χ3v) is 12.2. The lowest BCUT2D eigenvalue weighted by molar-refractivity contribution is -0.198. The Hall–Kier alpha value is -5.49. The number of carbonyl (C=O) groups is 4. The second-order valence-corrected chi connectivity index (χ2v) is 17.6. The molecule has 0 saturated carbocycles. The second kappa shape index (κ2) is 27.0. The molecule has 69 heavy (non-hydrogen) atoms. The number of ether oxygens (including phenoxy) is 8. The minimum Gasteiger partial charge on any atom is -0.478 e. The molecule has 0 aromatic heterocycles. The molecule has 0 spiro atoms. The SMILES string of the molecule is N=c1ccc2c(-c3ccccc3C(=O)O)c3ccc(N)c(S(=O)(=O)NCCOCCOCCOCCOCCOCCOCCOCCOCCC(=O)ON4C(=O)CCC4=O)c3oc-2c1S(=O)(=O)O. The summed E-state index contributed by atoms with van der Waals surface area (Å²) >= 11 is 0. The molecule has 2 aromatic carbocycles. The van der Waals surface area contributed by atoms with Crippen LogP contribution in [0.1, 0.15) is 29.6 Å². The van der Waals surface area contributed by atoms with Crippen molar-refractivity contribution in [1.82, 2.24) is 9.79 Å². The quantitative estimate of drug-likeness (QED) is 0.0149. The number of carboxylic acids is 1. The van der Waals surface area contributed by atoms with E-state index in [1.54, 1.807) is 0 Å². The topological polar surface area (TPSA) is 338 Å². The number of sulfonamides is 1. The average molecular weight is 1010 g/mol. The van der Waals surface area contributed by atoms with Crippen molar-refractivity contribution in [3.63, 3.8) is 0 Å². The number of amides is 2. The van der Waals surface area contributed by atoms with E-state index in [1.165, 1.54) is 42.5 Å². The third kappa shape index (κ3) is 16.0. The van der Waals surface area contributed by atoms with Crippen LogP contribution in [0.25, 0.3) is 33.4 Å². The maximum atomic E-state index is 13.8. The van der Waals surface area contributed by atoms with Crippen LogP contribution < -0.4 is 15.8 Å². The zero-order valence-corrected chi connectivity index (χ0v) is 39.0. The number of carboxylic acid groups (broad SMARTS) is 1. The molecule has 6 N–H and O–H groups in total. The number of nitrogens with zero attached hydrogens (tertiary/aromatic N) is 1. The maximum Gasteiger partial charge on any atom is 0.336 e. The molecule has 2 heterocycles. The van der Waals surface area contributed by atoms with Gasteiger partial charge in [0.15, 0.2) is 16.2 Å². The molecule has 3 aliphatic rings. The molecule has 0 unspecified atom stereocenters. The number of fused-ring (bicyclic) bond motifs is 2. The number of aromatic carboxylic acids is 1. The first-order valence-corrected chi connectivity index (χ1v) is 24.4. The van der Waals surface area contributed by atoms with Crippen LogP contribution >= 0.6 is 0 Å². The van der Waals surface area contributed by atoms with E-state index >= 15 is 0 Å². The highest BCUT2D eigenvalue weighted by atomic mass is 32.2. The first kappa shape index (κ1) is 54.5. The number of imide groups is 1. The summed E-state index contributed by atoms with van der Waals surface area (Å²) in [6, 6.07) is 10.8. The number of carbonyl (C=O) groups excluding carboxylic acids is 3. The van der Waals surface area contributed by atoms with Gasteiger partial charge in [-0.05, 0) is 35.9 Å². The standard InChI is InChI=1S/C43H54N4O20S2/c44-33-7-5-31-38(29-3-1-2-4-30(29)43(51)52)32-6-8-34(45)42(69(55,56)57)40(32)66-39(31)41(33)68(53,54)46-12-14-59-16-18-61-20-22-63-24-26-65-28-27-64-25-23-62-21-19-60-17-15-58-13-11-37(50)67-47-35(48)9-10-36(47)49/h1-8,45-46H,9-28,44H2,(H,51,52)(H,55,56,57). The number of nitrogens with two attached hydrogens (primary N) is 1. The molecule has 1 saturated heterocycles.